The number of aromatic nitrogens is 2. The molecular formula is C11H12BrN3O. The number of hydrogen-bond donors (Lipinski definition) is 1. The third-order valence-electron chi connectivity index (χ3n) is 2.19. The summed E-state index contributed by atoms with van der Waals surface area (Å²) >= 11 is 3.37. The van der Waals surface area contributed by atoms with E-state index < -0.39 is 0 Å². The number of nitrogens with two attached hydrogens (primary N) is 1. The predicted molar refractivity (Wildman–Crippen MR) is 65.8 cm³/mol. The van der Waals surface area contributed by atoms with Crippen LogP contribution >= 0.6 is 15.9 Å². The van der Waals surface area contributed by atoms with Crippen LogP contribution < -0.4 is 5.73 Å². The van der Waals surface area contributed by atoms with Gasteiger partial charge in [0.25, 0.3) is 5.89 Å². The third-order valence-corrected chi connectivity index (χ3v) is 2.88. The molecule has 0 unspecified atom stereocenters. The van der Waals surface area contributed by atoms with Crippen molar-refractivity contribution in [3.05, 3.63) is 28.5 Å². The number of hydrogen-bond acceptors (Lipinski definition) is 4. The van der Waals surface area contributed by atoms with E-state index in [1.165, 1.54) is 0 Å². The molecule has 0 fully saturated rings. The lowest BCUT2D eigenvalue weighted by atomic mass is 10.2. The normalized spacial score (nSPS) is 10.6. The molecule has 0 aliphatic rings. The van der Waals surface area contributed by atoms with Crippen molar-refractivity contribution in [1.82, 2.24) is 10.1 Å². The van der Waals surface area contributed by atoms with Crippen LogP contribution in [0.2, 0.25) is 0 Å². The van der Waals surface area contributed by atoms with Crippen molar-refractivity contribution in [2.45, 2.75) is 19.8 Å². The highest BCUT2D eigenvalue weighted by Gasteiger charge is 2.09. The van der Waals surface area contributed by atoms with Crippen molar-refractivity contribution < 1.29 is 4.52 Å². The van der Waals surface area contributed by atoms with Gasteiger partial charge in [-0.15, -0.1) is 0 Å². The topological polar surface area (TPSA) is 64.9 Å². The fourth-order valence-electron chi connectivity index (χ4n) is 1.36. The van der Waals surface area contributed by atoms with Gasteiger partial charge in [-0.25, -0.2) is 0 Å². The molecule has 2 N–H and O–H groups in total. The van der Waals surface area contributed by atoms with Gasteiger partial charge in [0.05, 0.1) is 0 Å². The zero-order valence-corrected chi connectivity index (χ0v) is 10.5. The third kappa shape index (κ3) is 2.24. The molecule has 0 atom stereocenters. The summed E-state index contributed by atoms with van der Waals surface area (Å²) in [5.74, 6) is 1.27. The Balaban J connectivity index is 2.31. The van der Waals surface area contributed by atoms with Gasteiger partial charge in [0, 0.05) is 22.1 Å². The second-order valence-corrected chi connectivity index (χ2v) is 4.36. The molecule has 0 amide bonds. The van der Waals surface area contributed by atoms with Gasteiger partial charge in [0.15, 0.2) is 5.82 Å². The van der Waals surface area contributed by atoms with Gasteiger partial charge in [-0.05, 0) is 40.5 Å². The minimum atomic E-state index is 0.532. The highest BCUT2D eigenvalue weighted by atomic mass is 79.9. The lowest BCUT2D eigenvalue weighted by molar-refractivity contribution is 0.422. The minimum Gasteiger partial charge on any atom is -0.398 e. The zero-order chi connectivity index (χ0) is 11.5. The van der Waals surface area contributed by atoms with Crippen molar-refractivity contribution in [3.63, 3.8) is 0 Å². The first-order chi connectivity index (χ1) is 7.70. The molecule has 1 aromatic heterocycles. The van der Waals surface area contributed by atoms with Crippen LogP contribution in [0.25, 0.3) is 11.5 Å². The van der Waals surface area contributed by atoms with Crippen LogP contribution in [0.3, 0.4) is 0 Å². The quantitative estimate of drug-likeness (QED) is 0.879. The Morgan fingerprint density at radius 3 is 2.94 bits per heavy atom. The number of anilines is 1. The fraction of sp³-hybridized carbons (Fsp3) is 0.273. The van der Waals surface area contributed by atoms with Gasteiger partial charge in [-0.2, -0.15) is 4.98 Å². The summed E-state index contributed by atoms with van der Waals surface area (Å²) in [6.07, 6.45) is 1.84. The molecule has 0 spiro atoms. The van der Waals surface area contributed by atoms with Gasteiger partial charge in [0.1, 0.15) is 0 Å². The molecule has 2 rings (SSSR count). The molecule has 1 aromatic carbocycles. The number of rotatable bonds is 3. The standard InChI is InChI=1S/C11H12BrN3O/c1-2-3-10-14-11(16-15-10)7-4-5-9(13)8(12)6-7/h4-6H,2-3,13H2,1H3. The Morgan fingerprint density at radius 2 is 2.25 bits per heavy atom. The number of nitrogen functional groups attached to an aromatic ring is 1. The molecule has 0 aliphatic carbocycles. The summed E-state index contributed by atoms with van der Waals surface area (Å²) in [6.45, 7) is 2.08. The fourth-order valence-corrected chi connectivity index (χ4v) is 1.74. The summed E-state index contributed by atoms with van der Waals surface area (Å²) in [5, 5.41) is 3.90. The van der Waals surface area contributed by atoms with Crippen LogP contribution in [0.15, 0.2) is 27.2 Å². The number of nitrogens with zero attached hydrogens (tertiary/aromatic N) is 2. The lowest BCUT2D eigenvalue weighted by Crippen LogP contribution is -1.88. The molecule has 84 valence electrons. The van der Waals surface area contributed by atoms with Crippen LogP contribution in [0.4, 0.5) is 5.69 Å². The molecule has 4 nitrogen and oxygen atoms in total. The maximum Gasteiger partial charge on any atom is 0.257 e. The molecule has 0 aliphatic heterocycles. The average molecular weight is 282 g/mol. The largest absolute Gasteiger partial charge is 0.398 e. The minimum absolute atomic E-state index is 0.532. The summed E-state index contributed by atoms with van der Waals surface area (Å²) in [7, 11) is 0. The van der Waals surface area contributed by atoms with Crippen LogP contribution in [-0.4, -0.2) is 10.1 Å². The summed E-state index contributed by atoms with van der Waals surface area (Å²) < 4.78 is 6.01. The van der Waals surface area contributed by atoms with E-state index in [2.05, 4.69) is 33.0 Å². The second-order valence-electron chi connectivity index (χ2n) is 3.50. The first kappa shape index (κ1) is 11.1. The Labute approximate surface area is 102 Å². The molecule has 16 heavy (non-hydrogen) atoms. The smallest absolute Gasteiger partial charge is 0.257 e. The molecule has 2 aromatic rings. The van der Waals surface area contributed by atoms with Gasteiger partial charge in [0.2, 0.25) is 0 Å². The van der Waals surface area contributed by atoms with E-state index >= 15 is 0 Å². The Bertz CT molecular complexity index is 496. The van der Waals surface area contributed by atoms with Crippen LogP contribution in [0, 0.1) is 0 Å². The van der Waals surface area contributed by atoms with Gasteiger partial charge < -0.3 is 10.3 Å². The van der Waals surface area contributed by atoms with Crippen molar-refractivity contribution in [3.8, 4) is 11.5 Å². The summed E-state index contributed by atoms with van der Waals surface area (Å²) in [6, 6.07) is 5.55. The summed E-state index contributed by atoms with van der Waals surface area (Å²) in [5.41, 5.74) is 7.27. The van der Waals surface area contributed by atoms with E-state index in [1.807, 2.05) is 18.2 Å². The second kappa shape index (κ2) is 4.65. The summed E-state index contributed by atoms with van der Waals surface area (Å²) in [4.78, 5) is 4.30. The highest BCUT2D eigenvalue weighted by molar-refractivity contribution is 9.10. The SMILES string of the molecule is CCCc1noc(-c2ccc(N)c(Br)c2)n1. The van der Waals surface area contributed by atoms with Crippen LogP contribution in [-0.2, 0) is 6.42 Å². The van der Waals surface area contributed by atoms with E-state index in [9.17, 15) is 0 Å². The van der Waals surface area contributed by atoms with Crippen LogP contribution in [0.1, 0.15) is 19.2 Å². The molecular weight excluding hydrogens is 270 g/mol. The molecule has 0 saturated carbocycles. The van der Waals surface area contributed by atoms with E-state index in [-0.39, 0.29) is 0 Å². The Morgan fingerprint density at radius 1 is 1.44 bits per heavy atom. The lowest BCUT2D eigenvalue weighted by Gasteiger charge is -1.98. The van der Waals surface area contributed by atoms with Crippen LogP contribution in [0.5, 0.6) is 0 Å². The average Bonchev–Trinajstić information content (AvgIpc) is 2.71. The number of halogens is 1. The van der Waals surface area contributed by atoms with E-state index in [4.69, 9.17) is 10.3 Å². The van der Waals surface area contributed by atoms with Crippen molar-refractivity contribution >= 4 is 21.6 Å². The Kier molecular flexibility index (Phi) is 3.24. The van der Waals surface area contributed by atoms with Gasteiger partial charge in [-0.1, -0.05) is 12.1 Å². The van der Waals surface area contributed by atoms with E-state index in [0.29, 0.717) is 11.6 Å². The molecule has 1 heterocycles. The molecule has 0 saturated heterocycles. The maximum atomic E-state index is 5.71. The van der Waals surface area contributed by atoms with E-state index in [0.717, 1.165) is 28.7 Å². The van der Waals surface area contributed by atoms with Crippen molar-refractivity contribution in [2.24, 2.45) is 0 Å². The van der Waals surface area contributed by atoms with Gasteiger partial charge in [-0.3, -0.25) is 0 Å². The zero-order valence-electron chi connectivity index (χ0n) is 8.90. The Hall–Kier alpha value is -1.36. The van der Waals surface area contributed by atoms with Gasteiger partial charge >= 0.3 is 0 Å². The monoisotopic (exact) mass is 281 g/mol. The van der Waals surface area contributed by atoms with E-state index in [1.54, 1.807) is 0 Å². The van der Waals surface area contributed by atoms with Crippen molar-refractivity contribution in [1.29, 1.82) is 0 Å². The predicted octanol–water partition coefficient (Wildman–Crippen LogP) is 3.03. The maximum absolute atomic E-state index is 5.71. The highest BCUT2D eigenvalue weighted by Crippen LogP contribution is 2.26. The first-order valence-electron chi connectivity index (χ1n) is 5.08. The number of aryl methyl sites for hydroxylation is 1. The molecule has 0 radical (unpaired) electrons. The molecule has 0 bridgehead atoms. The molecule has 5 heteroatoms. The number of benzene rings is 1. The first-order valence-corrected chi connectivity index (χ1v) is 5.88. The van der Waals surface area contributed by atoms with Crippen molar-refractivity contribution in [2.75, 3.05) is 5.73 Å².